The number of rotatable bonds is 3. The Hall–Kier alpha value is -3.06. The average Bonchev–Trinajstić information content (AvgIpc) is 3.02. The Morgan fingerprint density at radius 2 is 2.08 bits per heavy atom. The predicted octanol–water partition coefficient (Wildman–Crippen LogP) is 2.88. The number of nitrogens with zero attached hydrogens (tertiary/aromatic N) is 6. The Labute approximate surface area is 148 Å². The molecule has 0 fully saturated rings. The van der Waals surface area contributed by atoms with Gasteiger partial charge >= 0.3 is 0 Å². The zero-order valence-corrected chi connectivity index (χ0v) is 14.1. The highest BCUT2D eigenvalue weighted by Crippen LogP contribution is 2.24. The summed E-state index contributed by atoms with van der Waals surface area (Å²) in [5, 5.41) is 5.92. The number of anilines is 1. The number of benzene rings is 1. The summed E-state index contributed by atoms with van der Waals surface area (Å²) in [5.74, 6) is 0.755. The molecule has 1 aromatic carbocycles. The van der Waals surface area contributed by atoms with E-state index in [-0.39, 0.29) is 0 Å². The third-order valence-electron chi connectivity index (χ3n) is 3.92. The molecule has 0 aliphatic carbocycles. The van der Waals surface area contributed by atoms with E-state index in [1.165, 1.54) is 0 Å². The minimum Gasteiger partial charge on any atom is -0.383 e. The third-order valence-corrected chi connectivity index (χ3v) is 4.28. The van der Waals surface area contributed by atoms with Crippen LogP contribution in [0.15, 0.2) is 43.0 Å². The fourth-order valence-corrected chi connectivity index (χ4v) is 2.89. The van der Waals surface area contributed by atoms with Crippen LogP contribution >= 0.6 is 11.6 Å². The predicted molar refractivity (Wildman–Crippen MR) is 96.1 cm³/mol. The molecule has 0 spiro atoms. The van der Waals surface area contributed by atoms with E-state index in [4.69, 9.17) is 17.3 Å². The van der Waals surface area contributed by atoms with E-state index in [1.54, 1.807) is 23.3 Å². The van der Waals surface area contributed by atoms with Gasteiger partial charge in [-0.25, -0.2) is 15.0 Å². The first-order chi connectivity index (χ1) is 12.1. The molecule has 0 amide bonds. The molecule has 25 heavy (non-hydrogen) atoms. The standard InChI is InChI=1S/C17H14ClN7/c1-10-3-2-4-13(18)11(10)8-25-9-12-15(19)22-17(23-16(12)24-25)14-7-20-5-6-21-14/h2-7,9H,8H2,1H3,(H2,19,22,23,24). The highest BCUT2D eigenvalue weighted by molar-refractivity contribution is 6.31. The second kappa shape index (κ2) is 6.10. The molecule has 124 valence electrons. The van der Waals surface area contributed by atoms with Gasteiger partial charge in [0.2, 0.25) is 0 Å². The van der Waals surface area contributed by atoms with Gasteiger partial charge in [0.25, 0.3) is 0 Å². The molecule has 3 aromatic heterocycles. The van der Waals surface area contributed by atoms with Gasteiger partial charge in [0.15, 0.2) is 11.5 Å². The van der Waals surface area contributed by atoms with Gasteiger partial charge in [-0.2, -0.15) is 5.10 Å². The summed E-state index contributed by atoms with van der Waals surface area (Å²) in [7, 11) is 0. The van der Waals surface area contributed by atoms with Crippen LogP contribution in [0.1, 0.15) is 11.1 Å². The van der Waals surface area contributed by atoms with E-state index in [0.29, 0.717) is 39.9 Å². The summed E-state index contributed by atoms with van der Waals surface area (Å²) in [5.41, 5.74) is 9.26. The van der Waals surface area contributed by atoms with Crippen LogP contribution in [0.25, 0.3) is 22.6 Å². The summed E-state index contributed by atoms with van der Waals surface area (Å²) in [6.07, 6.45) is 6.59. The topological polar surface area (TPSA) is 95.4 Å². The maximum Gasteiger partial charge on any atom is 0.187 e. The van der Waals surface area contributed by atoms with Gasteiger partial charge in [-0.05, 0) is 24.1 Å². The zero-order chi connectivity index (χ0) is 17.4. The van der Waals surface area contributed by atoms with E-state index in [0.717, 1.165) is 11.1 Å². The van der Waals surface area contributed by atoms with Crippen molar-refractivity contribution in [2.75, 3.05) is 5.73 Å². The number of fused-ring (bicyclic) bond motifs is 1. The molecule has 0 atom stereocenters. The normalized spacial score (nSPS) is 11.1. The fraction of sp³-hybridized carbons (Fsp3) is 0.118. The first kappa shape index (κ1) is 15.5. The van der Waals surface area contributed by atoms with E-state index < -0.39 is 0 Å². The van der Waals surface area contributed by atoms with Crippen LogP contribution in [-0.4, -0.2) is 29.7 Å². The van der Waals surface area contributed by atoms with Crippen molar-refractivity contribution in [2.24, 2.45) is 0 Å². The molecule has 3 heterocycles. The van der Waals surface area contributed by atoms with Crippen LogP contribution in [0.2, 0.25) is 5.02 Å². The van der Waals surface area contributed by atoms with Crippen LogP contribution in [0.5, 0.6) is 0 Å². The number of aromatic nitrogens is 6. The van der Waals surface area contributed by atoms with Gasteiger partial charge in [0.1, 0.15) is 11.5 Å². The second-order valence-corrected chi connectivity index (χ2v) is 6.03. The highest BCUT2D eigenvalue weighted by atomic mass is 35.5. The molecule has 4 rings (SSSR count). The maximum absolute atomic E-state index is 6.31. The molecule has 0 saturated carbocycles. The first-order valence-electron chi connectivity index (χ1n) is 7.63. The molecule has 7 nitrogen and oxygen atoms in total. The van der Waals surface area contributed by atoms with Crippen LogP contribution in [0.4, 0.5) is 5.82 Å². The molecule has 0 bridgehead atoms. The summed E-state index contributed by atoms with van der Waals surface area (Å²) in [4.78, 5) is 17.0. The van der Waals surface area contributed by atoms with Crippen molar-refractivity contribution >= 4 is 28.5 Å². The Bertz CT molecular complexity index is 1040. The monoisotopic (exact) mass is 351 g/mol. The number of nitrogens with two attached hydrogens (primary N) is 1. The van der Waals surface area contributed by atoms with Crippen LogP contribution in [0, 0.1) is 6.92 Å². The van der Waals surface area contributed by atoms with Gasteiger partial charge in [-0.1, -0.05) is 23.7 Å². The third kappa shape index (κ3) is 2.89. The molecule has 0 saturated heterocycles. The number of hydrogen-bond donors (Lipinski definition) is 1. The molecule has 0 radical (unpaired) electrons. The van der Waals surface area contributed by atoms with Crippen molar-refractivity contribution in [3.63, 3.8) is 0 Å². The lowest BCUT2D eigenvalue weighted by molar-refractivity contribution is 0.690. The first-order valence-corrected chi connectivity index (χ1v) is 8.00. The van der Waals surface area contributed by atoms with Crippen molar-refractivity contribution in [3.8, 4) is 11.5 Å². The molecule has 0 aliphatic rings. The van der Waals surface area contributed by atoms with Gasteiger partial charge in [-0.15, -0.1) is 0 Å². The van der Waals surface area contributed by atoms with Gasteiger partial charge in [0, 0.05) is 23.6 Å². The summed E-state index contributed by atoms with van der Waals surface area (Å²) >= 11 is 6.31. The quantitative estimate of drug-likeness (QED) is 0.609. The summed E-state index contributed by atoms with van der Waals surface area (Å²) < 4.78 is 1.77. The molecule has 0 unspecified atom stereocenters. The Balaban J connectivity index is 1.77. The van der Waals surface area contributed by atoms with Crippen molar-refractivity contribution in [1.29, 1.82) is 0 Å². The van der Waals surface area contributed by atoms with Crippen LogP contribution in [-0.2, 0) is 6.54 Å². The SMILES string of the molecule is Cc1cccc(Cl)c1Cn1cc2c(N)nc(-c3cnccn3)nc2n1. The lowest BCUT2D eigenvalue weighted by Gasteiger charge is -2.07. The van der Waals surface area contributed by atoms with Gasteiger partial charge in [0.05, 0.1) is 18.1 Å². The zero-order valence-electron chi connectivity index (χ0n) is 13.4. The van der Waals surface area contributed by atoms with Crippen molar-refractivity contribution < 1.29 is 0 Å². The lowest BCUT2D eigenvalue weighted by Crippen LogP contribution is -2.02. The lowest BCUT2D eigenvalue weighted by atomic mass is 10.1. The number of aryl methyl sites for hydroxylation is 1. The maximum atomic E-state index is 6.31. The van der Waals surface area contributed by atoms with Crippen molar-refractivity contribution in [3.05, 3.63) is 59.1 Å². The van der Waals surface area contributed by atoms with E-state index in [2.05, 4.69) is 25.0 Å². The Morgan fingerprint density at radius 3 is 2.84 bits per heavy atom. The van der Waals surface area contributed by atoms with E-state index >= 15 is 0 Å². The average molecular weight is 352 g/mol. The van der Waals surface area contributed by atoms with E-state index in [9.17, 15) is 0 Å². The smallest absolute Gasteiger partial charge is 0.187 e. The second-order valence-electron chi connectivity index (χ2n) is 5.62. The van der Waals surface area contributed by atoms with Crippen LogP contribution in [0.3, 0.4) is 0 Å². The molecule has 0 aliphatic heterocycles. The summed E-state index contributed by atoms with van der Waals surface area (Å²) in [6, 6.07) is 5.82. The number of halogens is 1. The fourth-order valence-electron chi connectivity index (χ4n) is 2.61. The minimum absolute atomic E-state index is 0.354. The van der Waals surface area contributed by atoms with Gasteiger partial charge in [-0.3, -0.25) is 9.67 Å². The Morgan fingerprint density at radius 1 is 1.20 bits per heavy atom. The summed E-state index contributed by atoms with van der Waals surface area (Å²) in [6.45, 7) is 2.55. The highest BCUT2D eigenvalue weighted by Gasteiger charge is 2.13. The van der Waals surface area contributed by atoms with Crippen molar-refractivity contribution in [1.82, 2.24) is 29.7 Å². The number of nitrogen functional groups attached to an aromatic ring is 1. The molecule has 8 heteroatoms. The minimum atomic E-state index is 0.354. The van der Waals surface area contributed by atoms with E-state index in [1.807, 2.05) is 31.3 Å². The molecular weight excluding hydrogens is 338 g/mol. The Kier molecular flexibility index (Phi) is 3.77. The number of hydrogen-bond acceptors (Lipinski definition) is 6. The molecular formula is C17H14ClN7. The largest absolute Gasteiger partial charge is 0.383 e. The van der Waals surface area contributed by atoms with Gasteiger partial charge < -0.3 is 5.73 Å². The molecule has 4 aromatic rings. The van der Waals surface area contributed by atoms with Crippen LogP contribution < -0.4 is 5.73 Å². The molecule has 2 N–H and O–H groups in total. The van der Waals surface area contributed by atoms with Crippen molar-refractivity contribution in [2.45, 2.75) is 13.5 Å².